The van der Waals surface area contributed by atoms with Crippen molar-refractivity contribution in [3.63, 3.8) is 0 Å². The number of sulfone groups is 1. The zero-order valence-electron chi connectivity index (χ0n) is 14.1. The molecule has 5 nitrogen and oxygen atoms in total. The van der Waals surface area contributed by atoms with Crippen molar-refractivity contribution in [2.75, 3.05) is 31.1 Å². The molecule has 0 spiro atoms. The van der Waals surface area contributed by atoms with Crippen molar-refractivity contribution in [1.82, 2.24) is 10.3 Å². The molecular weight excluding hydrogens is 390 g/mol. The van der Waals surface area contributed by atoms with Crippen LogP contribution in [0.4, 0.5) is 5.82 Å². The molecule has 3 heterocycles. The predicted molar refractivity (Wildman–Crippen MR) is 108 cm³/mol. The first-order valence-corrected chi connectivity index (χ1v) is 10.6. The van der Waals surface area contributed by atoms with Gasteiger partial charge in [0.1, 0.15) is 10.0 Å². The number of nitrogens with one attached hydrogen (secondary N) is 1. The summed E-state index contributed by atoms with van der Waals surface area (Å²) in [7, 11) is -3.50. The summed E-state index contributed by atoms with van der Waals surface area (Å²) in [6.07, 6.45) is 2.82. The molecule has 0 atom stereocenters. The molecule has 4 rings (SSSR count). The van der Waals surface area contributed by atoms with E-state index in [4.69, 9.17) is 0 Å². The van der Waals surface area contributed by atoms with Gasteiger partial charge in [-0.1, -0.05) is 18.2 Å². The van der Waals surface area contributed by atoms with Crippen LogP contribution in [0.5, 0.6) is 0 Å². The molecule has 26 heavy (non-hydrogen) atoms. The second-order valence-corrected chi connectivity index (χ2v) is 9.28. The lowest BCUT2D eigenvalue weighted by Crippen LogP contribution is -2.28. The van der Waals surface area contributed by atoms with E-state index in [9.17, 15) is 8.42 Å². The molecule has 1 aliphatic rings. The van der Waals surface area contributed by atoms with Crippen molar-refractivity contribution >= 4 is 49.5 Å². The standard InChI is InChI=1S/C18H19N3O2S2.ClH/c22-25(23,14-5-2-1-3-6-14)17-13-15-16(24-17)7-9-20-18(15)21-11-4-8-19-10-12-21;/h1-3,5-7,9,13,19H,4,8,10-12H2;1H. The molecular formula is C18H20ClN3O2S2. The van der Waals surface area contributed by atoms with Gasteiger partial charge in [-0.3, -0.25) is 0 Å². The van der Waals surface area contributed by atoms with E-state index in [-0.39, 0.29) is 12.4 Å². The van der Waals surface area contributed by atoms with Crippen LogP contribution >= 0.6 is 23.7 Å². The van der Waals surface area contributed by atoms with Crippen LogP contribution in [0.1, 0.15) is 6.42 Å². The molecule has 0 bridgehead atoms. The highest BCUT2D eigenvalue weighted by molar-refractivity contribution is 7.93. The summed E-state index contributed by atoms with van der Waals surface area (Å²) in [5.74, 6) is 0.881. The second kappa shape index (κ2) is 7.92. The van der Waals surface area contributed by atoms with Gasteiger partial charge in [0.05, 0.1) is 4.90 Å². The number of hydrogen-bond donors (Lipinski definition) is 1. The van der Waals surface area contributed by atoms with E-state index in [1.54, 1.807) is 36.5 Å². The van der Waals surface area contributed by atoms with Gasteiger partial charge in [0, 0.05) is 35.9 Å². The lowest BCUT2D eigenvalue weighted by atomic mass is 10.3. The van der Waals surface area contributed by atoms with E-state index in [0.29, 0.717) is 9.10 Å². The van der Waals surface area contributed by atoms with Gasteiger partial charge < -0.3 is 10.2 Å². The fraction of sp³-hybridized carbons (Fsp3) is 0.278. The Balaban J connectivity index is 0.00000196. The third-order valence-corrected chi connectivity index (χ3v) is 7.70. The number of rotatable bonds is 3. The molecule has 1 fully saturated rings. The topological polar surface area (TPSA) is 62.3 Å². The number of halogens is 1. The summed E-state index contributed by atoms with van der Waals surface area (Å²) in [6.45, 7) is 3.72. The zero-order chi connectivity index (χ0) is 17.3. The maximum atomic E-state index is 12.9. The Morgan fingerprint density at radius 3 is 2.69 bits per heavy atom. The molecule has 1 N–H and O–H groups in total. The Morgan fingerprint density at radius 1 is 1.08 bits per heavy atom. The smallest absolute Gasteiger partial charge is 0.215 e. The zero-order valence-corrected chi connectivity index (χ0v) is 16.5. The molecule has 1 saturated heterocycles. The van der Waals surface area contributed by atoms with Crippen molar-refractivity contribution in [3.05, 3.63) is 48.7 Å². The molecule has 3 aromatic rings. The fourth-order valence-corrected chi connectivity index (χ4v) is 5.88. The summed E-state index contributed by atoms with van der Waals surface area (Å²) in [5.41, 5.74) is 0. The van der Waals surface area contributed by atoms with Crippen LogP contribution in [0.2, 0.25) is 0 Å². The average molecular weight is 410 g/mol. The van der Waals surface area contributed by atoms with E-state index in [1.165, 1.54) is 11.3 Å². The first-order chi connectivity index (χ1) is 12.2. The Kier molecular flexibility index (Phi) is 5.82. The minimum atomic E-state index is -3.50. The Bertz CT molecular complexity index is 982. The summed E-state index contributed by atoms with van der Waals surface area (Å²) < 4.78 is 27.2. The molecule has 8 heteroatoms. The highest BCUT2D eigenvalue weighted by atomic mass is 35.5. The Morgan fingerprint density at radius 2 is 1.88 bits per heavy atom. The molecule has 0 radical (unpaired) electrons. The van der Waals surface area contributed by atoms with Crippen LogP contribution in [0, 0.1) is 0 Å². The molecule has 0 unspecified atom stereocenters. The largest absolute Gasteiger partial charge is 0.355 e. The molecule has 0 amide bonds. The Hall–Kier alpha value is -1.67. The van der Waals surface area contributed by atoms with E-state index < -0.39 is 9.84 Å². The highest BCUT2D eigenvalue weighted by Crippen LogP contribution is 2.36. The monoisotopic (exact) mass is 409 g/mol. The van der Waals surface area contributed by atoms with E-state index in [0.717, 1.165) is 48.5 Å². The minimum absolute atomic E-state index is 0. The second-order valence-electron chi connectivity index (χ2n) is 6.02. The summed E-state index contributed by atoms with van der Waals surface area (Å²) >= 11 is 1.31. The van der Waals surface area contributed by atoms with Crippen molar-refractivity contribution in [3.8, 4) is 0 Å². The lowest BCUT2D eigenvalue weighted by molar-refractivity contribution is 0.598. The van der Waals surface area contributed by atoms with Gasteiger partial charge in [0.15, 0.2) is 0 Å². The third kappa shape index (κ3) is 3.57. The van der Waals surface area contributed by atoms with Crippen LogP contribution in [-0.2, 0) is 9.84 Å². The number of nitrogens with zero attached hydrogens (tertiary/aromatic N) is 2. The highest BCUT2D eigenvalue weighted by Gasteiger charge is 2.22. The van der Waals surface area contributed by atoms with Crippen molar-refractivity contribution in [2.45, 2.75) is 15.5 Å². The number of aromatic nitrogens is 1. The number of anilines is 1. The summed E-state index contributed by atoms with van der Waals surface area (Å²) in [4.78, 5) is 7.12. The van der Waals surface area contributed by atoms with Crippen LogP contribution < -0.4 is 10.2 Å². The maximum Gasteiger partial charge on any atom is 0.215 e. The van der Waals surface area contributed by atoms with Crippen molar-refractivity contribution in [1.29, 1.82) is 0 Å². The van der Waals surface area contributed by atoms with Gasteiger partial charge in [-0.25, -0.2) is 13.4 Å². The molecule has 1 aliphatic heterocycles. The third-order valence-electron chi connectivity index (χ3n) is 4.36. The number of hydrogen-bond acceptors (Lipinski definition) is 6. The molecule has 1 aromatic carbocycles. The van der Waals surface area contributed by atoms with Crippen LogP contribution in [0.3, 0.4) is 0 Å². The van der Waals surface area contributed by atoms with E-state index >= 15 is 0 Å². The van der Waals surface area contributed by atoms with Crippen LogP contribution in [-0.4, -0.2) is 39.6 Å². The predicted octanol–water partition coefficient (Wildman–Crippen LogP) is 3.35. The molecule has 2 aromatic heterocycles. The van der Waals surface area contributed by atoms with Crippen molar-refractivity contribution in [2.24, 2.45) is 0 Å². The Labute approximate surface area is 163 Å². The SMILES string of the molecule is Cl.O=S(=O)(c1ccccc1)c1cc2c(N3CCCNCC3)nccc2s1. The molecule has 0 aliphatic carbocycles. The van der Waals surface area contributed by atoms with Gasteiger partial charge in [-0.2, -0.15) is 0 Å². The summed E-state index contributed by atoms with van der Waals surface area (Å²) in [6, 6.07) is 12.3. The molecule has 0 saturated carbocycles. The van der Waals surface area contributed by atoms with Gasteiger partial charge in [-0.05, 0) is 37.2 Å². The normalized spacial score (nSPS) is 15.5. The first-order valence-electron chi connectivity index (χ1n) is 8.30. The van der Waals surface area contributed by atoms with Gasteiger partial charge >= 0.3 is 0 Å². The number of benzene rings is 1. The maximum absolute atomic E-state index is 12.9. The van der Waals surface area contributed by atoms with Crippen molar-refractivity contribution < 1.29 is 8.42 Å². The number of thiophene rings is 1. The number of pyridine rings is 1. The number of fused-ring (bicyclic) bond motifs is 1. The van der Waals surface area contributed by atoms with Gasteiger partial charge in [0.25, 0.3) is 0 Å². The van der Waals surface area contributed by atoms with E-state index in [2.05, 4.69) is 15.2 Å². The quantitative estimate of drug-likeness (QED) is 0.718. The van der Waals surface area contributed by atoms with Gasteiger partial charge in [-0.15, -0.1) is 23.7 Å². The average Bonchev–Trinajstić information content (AvgIpc) is 2.91. The van der Waals surface area contributed by atoms with Crippen LogP contribution in [0.25, 0.3) is 10.1 Å². The lowest BCUT2D eigenvalue weighted by Gasteiger charge is -2.21. The van der Waals surface area contributed by atoms with Gasteiger partial charge in [0.2, 0.25) is 9.84 Å². The fourth-order valence-electron chi connectivity index (χ4n) is 3.08. The summed E-state index contributed by atoms with van der Waals surface area (Å²) in [5, 5.41) is 4.30. The minimum Gasteiger partial charge on any atom is -0.355 e. The van der Waals surface area contributed by atoms with E-state index in [1.807, 2.05) is 12.1 Å². The first kappa shape index (κ1) is 19.1. The van der Waals surface area contributed by atoms with Crippen LogP contribution in [0.15, 0.2) is 57.8 Å². The molecule has 138 valence electrons.